The van der Waals surface area contributed by atoms with E-state index in [1.807, 2.05) is 5.38 Å². The number of anilines is 1. The van der Waals surface area contributed by atoms with Crippen LogP contribution in [-0.4, -0.2) is 77.8 Å². The van der Waals surface area contributed by atoms with E-state index < -0.39 is 45.7 Å². The van der Waals surface area contributed by atoms with Crippen LogP contribution in [0.3, 0.4) is 0 Å². The number of carboxylic acids is 1. The average Bonchev–Trinajstić information content (AvgIpc) is 3.66. The Labute approximate surface area is 275 Å². The molecule has 2 aromatic carbocycles. The van der Waals surface area contributed by atoms with Gasteiger partial charge in [0.05, 0.1) is 16.2 Å². The van der Waals surface area contributed by atoms with Gasteiger partial charge in [-0.25, -0.2) is 18.2 Å². The molecule has 0 bridgehead atoms. The molecular weight excluding hydrogens is 690 g/mol. The fourth-order valence-corrected chi connectivity index (χ4v) is 7.98. The lowest BCUT2D eigenvalue weighted by Gasteiger charge is -2.41. The Bertz CT molecular complexity index is 1690. The van der Waals surface area contributed by atoms with Crippen LogP contribution in [0.2, 0.25) is 0 Å². The van der Waals surface area contributed by atoms with Crippen LogP contribution in [-0.2, 0) is 25.6 Å². The van der Waals surface area contributed by atoms with Crippen molar-refractivity contribution in [1.82, 2.24) is 15.2 Å². The van der Waals surface area contributed by atoms with Crippen molar-refractivity contribution in [2.24, 2.45) is 5.92 Å². The highest BCUT2D eigenvalue weighted by atomic mass is 32.2. The lowest BCUT2D eigenvalue weighted by atomic mass is 9.81. The van der Waals surface area contributed by atoms with Crippen LogP contribution in [0.4, 0.5) is 31.5 Å². The minimum Gasteiger partial charge on any atom is -0.475 e. The number of benzene rings is 2. The highest BCUT2D eigenvalue weighted by molar-refractivity contribution is 7.91. The molecule has 1 saturated carbocycles. The number of sulfone groups is 1. The van der Waals surface area contributed by atoms with Crippen LogP contribution in [0.1, 0.15) is 41.6 Å². The molecule has 5 rings (SSSR count). The summed E-state index contributed by atoms with van der Waals surface area (Å²) in [4.78, 5) is 41.3. The van der Waals surface area contributed by atoms with Gasteiger partial charge < -0.3 is 20.6 Å². The number of nitrogens with zero attached hydrogens (tertiary/aromatic N) is 2. The van der Waals surface area contributed by atoms with Crippen LogP contribution in [0.5, 0.6) is 0 Å². The summed E-state index contributed by atoms with van der Waals surface area (Å²) in [6.45, 7) is 0.309. The molecule has 2 amide bonds. The lowest BCUT2D eigenvalue weighted by molar-refractivity contribution is -0.192. The number of hydrogen-bond acceptors (Lipinski definition) is 8. The Morgan fingerprint density at radius 2 is 1.69 bits per heavy atom. The number of likely N-dealkylation sites (tertiary alicyclic amines) is 1. The van der Waals surface area contributed by atoms with Gasteiger partial charge in [-0.05, 0) is 61.9 Å². The van der Waals surface area contributed by atoms with E-state index in [1.54, 1.807) is 41.4 Å². The monoisotopic (exact) mass is 720 g/mol. The van der Waals surface area contributed by atoms with Gasteiger partial charge in [0, 0.05) is 35.8 Å². The summed E-state index contributed by atoms with van der Waals surface area (Å²) < 4.78 is 97.8. The Morgan fingerprint density at radius 1 is 1.00 bits per heavy atom. The molecule has 260 valence electrons. The van der Waals surface area contributed by atoms with Gasteiger partial charge in [-0.1, -0.05) is 24.3 Å². The predicted molar refractivity (Wildman–Crippen MR) is 162 cm³/mol. The number of rotatable bonds is 8. The number of hydrogen-bond donors (Lipinski definition) is 3. The highest BCUT2D eigenvalue weighted by Gasteiger charge is 2.44. The highest BCUT2D eigenvalue weighted by Crippen LogP contribution is 2.35. The maximum atomic E-state index is 13.5. The fourth-order valence-electron chi connectivity index (χ4n) is 5.69. The zero-order chi connectivity index (χ0) is 35.3. The summed E-state index contributed by atoms with van der Waals surface area (Å²) in [5.74, 6) is -4.41. The first-order valence-corrected chi connectivity index (χ1v) is 17.0. The minimum atomic E-state index is -5.08. The van der Waals surface area contributed by atoms with Crippen molar-refractivity contribution in [2.75, 3.05) is 17.6 Å². The topological polar surface area (TPSA) is 146 Å². The Hall–Kier alpha value is -4.19. The van der Waals surface area contributed by atoms with Crippen molar-refractivity contribution in [2.45, 2.75) is 61.1 Å². The first-order valence-electron chi connectivity index (χ1n) is 14.5. The molecule has 0 radical (unpaired) electrons. The van der Waals surface area contributed by atoms with Gasteiger partial charge in [-0.3, -0.25) is 9.59 Å². The maximum absolute atomic E-state index is 13.5. The number of carbonyl (C=O) groups is 3. The van der Waals surface area contributed by atoms with Crippen molar-refractivity contribution >= 4 is 44.1 Å². The lowest BCUT2D eigenvalue weighted by Crippen LogP contribution is -2.51. The molecule has 48 heavy (non-hydrogen) atoms. The molecule has 2 fully saturated rings. The van der Waals surface area contributed by atoms with E-state index in [9.17, 15) is 44.3 Å². The Morgan fingerprint density at radius 3 is 2.29 bits per heavy atom. The third-order valence-electron chi connectivity index (χ3n) is 7.88. The minimum absolute atomic E-state index is 0.0255. The van der Waals surface area contributed by atoms with Crippen LogP contribution < -0.4 is 10.6 Å². The third kappa shape index (κ3) is 9.46. The molecule has 18 heteroatoms. The van der Waals surface area contributed by atoms with Crippen LogP contribution in [0.15, 0.2) is 71.1 Å². The van der Waals surface area contributed by atoms with Crippen molar-refractivity contribution in [3.05, 3.63) is 77.3 Å². The van der Waals surface area contributed by atoms with E-state index in [4.69, 9.17) is 9.90 Å². The van der Waals surface area contributed by atoms with Gasteiger partial charge in [0.2, 0.25) is 5.91 Å². The van der Waals surface area contributed by atoms with Crippen molar-refractivity contribution in [1.29, 1.82) is 0 Å². The molecule has 1 aliphatic carbocycles. The predicted octanol–water partition coefficient (Wildman–Crippen LogP) is 5.25. The van der Waals surface area contributed by atoms with Gasteiger partial charge in [0.25, 0.3) is 5.91 Å². The zero-order valence-electron chi connectivity index (χ0n) is 24.9. The summed E-state index contributed by atoms with van der Waals surface area (Å²) in [7, 11) is -3.65. The van der Waals surface area contributed by atoms with E-state index in [0.717, 1.165) is 23.3 Å². The molecule has 1 saturated heterocycles. The quantitative estimate of drug-likeness (QED) is 0.268. The summed E-state index contributed by atoms with van der Waals surface area (Å²) in [6.07, 6.45) is -5.97. The molecule has 10 nitrogen and oxygen atoms in total. The van der Waals surface area contributed by atoms with Crippen molar-refractivity contribution < 1.29 is 54.3 Å². The molecule has 2 heterocycles. The molecule has 0 spiro atoms. The second kappa shape index (κ2) is 14.9. The summed E-state index contributed by atoms with van der Waals surface area (Å²) in [5, 5.41) is 15.7. The standard InChI is InChI=1S/C28H29F3N4O4S2.C2HF3O2/c29-28(30,31)20-6-4-5-18(15-20)25(36)34-23-11-13-35(26(23)37)24-10-9-21(33-27-32-12-14-40-27)16-19(24)17-41(38,39)22-7-2-1-3-8-22;3-2(4,5)1(6)7/h1-8,12,14-15,19,21,23-24H,9-11,13,16-17H2,(H,32,33)(H,34,36);(H,6,7)/t19-,21+,23?,24-;/m0./s1. The third-order valence-corrected chi connectivity index (χ3v) is 10.4. The van der Waals surface area contributed by atoms with Gasteiger partial charge in [-0.2, -0.15) is 26.3 Å². The largest absolute Gasteiger partial charge is 0.490 e. The molecule has 2 aliphatic rings. The summed E-state index contributed by atoms with van der Waals surface area (Å²) in [6, 6.07) is 10.9. The smallest absolute Gasteiger partial charge is 0.475 e. The number of nitrogens with one attached hydrogen (secondary N) is 2. The number of aliphatic carboxylic acids is 1. The molecule has 3 N–H and O–H groups in total. The molecule has 1 aliphatic heterocycles. The molecule has 1 unspecified atom stereocenters. The number of carboxylic acid groups (broad SMARTS) is 1. The number of thiazole rings is 1. The summed E-state index contributed by atoms with van der Waals surface area (Å²) in [5.41, 5.74) is -1.14. The number of aromatic nitrogens is 1. The van der Waals surface area contributed by atoms with E-state index in [0.29, 0.717) is 25.8 Å². The second-order valence-electron chi connectivity index (χ2n) is 11.1. The molecule has 3 aromatic rings. The maximum Gasteiger partial charge on any atom is 0.490 e. The van der Waals surface area contributed by atoms with Crippen LogP contribution >= 0.6 is 11.3 Å². The SMILES string of the molecule is O=C(NC1CCN([C@H]2CC[C@@H](Nc3nccs3)C[C@H]2CS(=O)(=O)c2ccccc2)C1=O)c1cccc(C(F)(F)F)c1.O=C(O)C(F)(F)F. The Balaban J connectivity index is 0.000000671. The second-order valence-corrected chi connectivity index (χ2v) is 14.1. The Kier molecular flexibility index (Phi) is 11.4. The van der Waals surface area contributed by atoms with Gasteiger partial charge in [0.1, 0.15) is 6.04 Å². The summed E-state index contributed by atoms with van der Waals surface area (Å²) >= 11 is 1.45. The molecule has 4 atom stereocenters. The first-order chi connectivity index (χ1) is 22.5. The van der Waals surface area contributed by atoms with E-state index in [1.165, 1.54) is 17.4 Å². The fraction of sp³-hybridized carbons (Fsp3) is 0.400. The zero-order valence-corrected chi connectivity index (χ0v) is 26.5. The van der Waals surface area contributed by atoms with Crippen LogP contribution in [0, 0.1) is 5.92 Å². The van der Waals surface area contributed by atoms with Crippen molar-refractivity contribution in [3.63, 3.8) is 0 Å². The van der Waals surface area contributed by atoms with E-state index >= 15 is 0 Å². The molecular formula is C30H30F6N4O6S2. The number of carbonyl (C=O) groups excluding carboxylic acids is 2. The van der Waals surface area contributed by atoms with Crippen LogP contribution in [0.25, 0.3) is 0 Å². The van der Waals surface area contributed by atoms with Gasteiger partial charge in [-0.15, -0.1) is 11.3 Å². The number of halogens is 6. The van der Waals surface area contributed by atoms with E-state index in [-0.39, 0.29) is 46.5 Å². The first kappa shape index (κ1) is 36.6. The van der Waals surface area contributed by atoms with Gasteiger partial charge in [0.15, 0.2) is 15.0 Å². The molecule has 1 aromatic heterocycles. The normalized spacial score (nSPS) is 21.6. The van der Waals surface area contributed by atoms with Crippen molar-refractivity contribution in [3.8, 4) is 0 Å². The number of alkyl halides is 6. The van der Waals surface area contributed by atoms with E-state index in [2.05, 4.69) is 15.6 Å². The van der Waals surface area contributed by atoms with Gasteiger partial charge >= 0.3 is 18.3 Å². The average molecular weight is 721 g/mol. The number of amides is 2.